The van der Waals surface area contributed by atoms with Crippen molar-refractivity contribution >= 4 is 39.1 Å². The molecule has 0 saturated carbocycles. The van der Waals surface area contributed by atoms with Crippen LogP contribution in [0.1, 0.15) is 36.5 Å². The summed E-state index contributed by atoms with van der Waals surface area (Å²) in [5.74, 6) is -1.27. The minimum Gasteiger partial charge on any atom is -0.354 e. The molecule has 4 aromatic carbocycles. The number of alkyl halides is 3. The third-order valence-corrected chi connectivity index (χ3v) is 9.63. The highest BCUT2D eigenvalue weighted by molar-refractivity contribution is 7.92. The molecule has 2 amide bonds. The fourth-order valence-corrected chi connectivity index (χ4v) is 6.58. The van der Waals surface area contributed by atoms with Gasteiger partial charge in [-0.15, -0.1) is 0 Å². The lowest BCUT2D eigenvalue weighted by atomic mass is 10.0. The van der Waals surface area contributed by atoms with E-state index in [1.807, 2.05) is 13.0 Å². The fraction of sp³-hybridized carbons (Fsp3) is 0.257. The van der Waals surface area contributed by atoms with E-state index >= 15 is 0 Å². The van der Waals surface area contributed by atoms with Crippen molar-refractivity contribution in [2.24, 2.45) is 0 Å². The molecule has 12 heteroatoms. The van der Waals surface area contributed by atoms with Gasteiger partial charge in [0.15, 0.2) is 0 Å². The van der Waals surface area contributed by atoms with E-state index < -0.39 is 46.2 Å². The minimum atomic E-state index is -4.77. The first-order valence-electron chi connectivity index (χ1n) is 15.0. The van der Waals surface area contributed by atoms with Crippen LogP contribution in [0.15, 0.2) is 114 Å². The Hall–Kier alpha value is -4.35. The van der Waals surface area contributed by atoms with Crippen molar-refractivity contribution in [3.05, 3.63) is 131 Å². The largest absolute Gasteiger partial charge is 0.416 e. The molecule has 0 radical (unpaired) electrons. The highest BCUT2D eigenvalue weighted by Gasteiger charge is 2.36. The molecule has 7 nitrogen and oxygen atoms in total. The third-order valence-electron chi connectivity index (χ3n) is 7.47. The first kappa shape index (κ1) is 35.5. The van der Waals surface area contributed by atoms with Gasteiger partial charge in [-0.05, 0) is 53.9 Å². The van der Waals surface area contributed by atoms with Crippen LogP contribution in [0.4, 0.5) is 18.9 Å². The van der Waals surface area contributed by atoms with Gasteiger partial charge in [0.25, 0.3) is 10.0 Å². The lowest BCUT2D eigenvalue weighted by molar-refractivity contribution is -0.140. The van der Waals surface area contributed by atoms with Gasteiger partial charge < -0.3 is 10.2 Å². The molecule has 0 unspecified atom stereocenters. The highest BCUT2D eigenvalue weighted by atomic mass is 35.5. The van der Waals surface area contributed by atoms with Gasteiger partial charge in [-0.1, -0.05) is 97.7 Å². The van der Waals surface area contributed by atoms with Crippen molar-refractivity contribution < 1.29 is 31.2 Å². The van der Waals surface area contributed by atoms with E-state index in [2.05, 4.69) is 5.32 Å². The van der Waals surface area contributed by atoms with E-state index in [1.165, 1.54) is 35.2 Å². The summed E-state index contributed by atoms with van der Waals surface area (Å²) in [6.45, 7) is 1.26. The molecule has 0 aliphatic rings. The number of sulfonamides is 1. The third kappa shape index (κ3) is 9.36. The summed E-state index contributed by atoms with van der Waals surface area (Å²) >= 11 is 6.48. The Kier molecular flexibility index (Phi) is 12.1. The fourth-order valence-electron chi connectivity index (χ4n) is 4.96. The van der Waals surface area contributed by atoms with Gasteiger partial charge >= 0.3 is 6.18 Å². The zero-order valence-electron chi connectivity index (χ0n) is 25.7. The molecular weight excluding hydrogens is 651 g/mol. The van der Waals surface area contributed by atoms with Crippen LogP contribution < -0.4 is 9.62 Å². The van der Waals surface area contributed by atoms with Crippen molar-refractivity contribution in [1.29, 1.82) is 0 Å². The van der Waals surface area contributed by atoms with E-state index in [-0.39, 0.29) is 23.5 Å². The van der Waals surface area contributed by atoms with Crippen molar-refractivity contribution in [3.8, 4) is 0 Å². The van der Waals surface area contributed by atoms with E-state index in [4.69, 9.17) is 11.6 Å². The molecule has 4 rings (SSSR count). The number of rotatable bonds is 14. The number of carbonyl (C=O) groups excluding carboxylic acids is 2. The molecule has 0 heterocycles. The number of nitrogens with one attached hydrogen (secondary N) is 1. The summed E-state index contributed by atoms with van der Waals surface area (Å²) in [5.41, 5.74) is -0.201. The Labute approximate surface area is 278 Å². The number of nitrogens with zero attached hydrogens (tertiary/aromatic N) is 2. The predicted octanol–water partition coefficient (Wildman–Crippen LogP) is 7.11. The van der Waals surface area contributed by atoms with E-state index in [0.717, 1.165) is 24.1 Å². The Bertz CT molecular complexity index is 1760. The Balaban J connectivity index is 1.83. The van der Waals surface area contributed by atoms with Gasteiger partial charge in [-0.2, -0.15) is 13.2 Å². The Morgan fingerprint density at radius 1 is 0.872 bits per heavy atom. The maximum atomic E-state index is 14.4. The molecule has 248 valence electrons. The number of benzene rings is 4. The molecule has 0 aromatic heterocycles. The van der Waals surface area contributed by atoms with Crippen molar-refractivity contribution in [2.75, 3.05) is 17.4 Å². The summed E-state index contributed by atoms with van der Waals surface area (Å²) in [6, 6.07) is 25.5. The smallest absolute Gasteiger partial charge is 0.354 e. The first-order valence-corrected chi connectivity index (χ1v) is 16.8. The quantitative estimate of drug-likeness (QED) is 0.143. The van der Waals surface area contributed by atoms with Crippen LogP contribution in [0.5, 0.6) is 0 Å². The Morgan fingerprint density at radius 3 is 2.15 bits per heavy atom. The molecule has 0 aliphatic heterocycles. The molecule has 47 heavy (non-hydrogen) atoms. The lowest BCUT2D eigenvalue weighted by Gasteiger charge is -2.34. The number of carbonyl (C=O) groups is 2. The van der Waals surface area contributed by atoms with Crippen LogP contribution in [0, 0.1) is 0 Å². The summed E-state index contributed by atoms with van der Waals surface area (Å²) in [7, 11) is -4.56. The van der Waals surface area contributed by atoms with Crippen molar-refractivity contribution in [3.63, 3.8) is 0 Å². The van der Waals surface area contributed by atoms with Crippen LogP contribution in [0.25, 0.3) is 0 Å². The number of hydrogen-bond acceptors (Lipinski definition) is 4. The van der Waals surface area contributed by atoms with Crippen LogP contribution in [0.3, 0.4) is 0 Å². The number of halogens is 4. The van der Waals surface area contributed by atoms with Gasteiger partial charge in [0.05, 0.1) is 16.1 Å². The second kappa shape index (κ2) is 16.0. The first-order chi connectivity index (χ1) is 22.4. The maximum Gasteiger partial charge on any atom is 0.416 e. The van der Waals surface area contributed by atoms with Crippen LogP contribution >= 0.6 is 11.6 Å². The average Bonchev–Trinajstić information content (AvgIpc) is 3.06. The standard InChI is InChI=1S/C35H35ClF3N3O4S/c1-2-3-21-40-34(44)32(22-26-13-6-4-7-14-26)41(24-27-15-10-11-20-31(27)36)33(43)25-42(47(45,46)30-18-8-5-9-19-30)29-17-12-16-28(23-29)35(37,38)39/h4-20,23,32H,2-3,21-22,24-25H2,1H3,(H,40,44)/t32-/m0/s1. The predicted molar refractivity (Wildman–Crippen MR) is 176 cm³/mol. The van der Waals surface area contributed by atoms with Gasteiger partial charge in [-0.25, -0.2) is 8.42 Å². The molecule has 1 atom stereocenters. The monoisotopic (exact) mass is 685 g/mol. The normalized spacial score (nSPS) is 12.3. The number of anilines is 1. The summed E-state index contributed by atoms with van der Waals surface area (Å²) < 4.78 is 69.9. The molecule has 4 aromatic rings. The van der Waals surface area contributed by atoms with Crippen LogP contribution in [-0.4, -0.2) is 44.3 Å². The van der Waals surface area contributed by atoms with Crippen LogP contribution in [0.2, 0.25) is 5.02 Å². The van der Waals surface area contributed by atoms with Gasteiger partial charge in [0.1, 0.15) is 12.6 Å². The maximum absolute atomic E-state index is 14.4. The van der Waals surface area contributed by atoms with E-state index in [1.54, 1.807) is 54.6 Å². The summed E-state index contributed by atoms with van der Waals surface area (Å²) in [4.78, 5) is 29.2. The molecule has 0 aliphatic carbocycles. The molecule has 1 N–H and O–H groups in total. The number of hydrogen-bond donors (Lipinski definition) is 1. The zero-order chi connectivity index (χ0) is 34.0. The van der Waals surface area contributed by atoms with Gasteiger partial charge in [0, 0.05) is 24.5 Å². The summed E-state index contributed by atoms with van der Waals surface area (Å²) in [5, 5.41) is 3.20. The molecule has 0 spiro atoms. The van der Waals surface area contributed by atoms with Crippen LogP contribution in [-0.2, 0) is 38.8 Å². The minimum absolute atomic E-state index is 0.0873. The zero-order valence-corrected chi connectivity index (χ0v) is 27.2. The Morgan fingerprint density at radius 2 is 1.51 bits per heavy atom. The summed E-state index contributed by atoms with van der Waals surface area (Å²) in [6.07, 6.45) is -3.17. The average molecular weight is 686 g/mol. The second-order valence-electron chi connectivity index (χ2n) is 10.8. The highest BCUT2D eigenvalue weighted by Crippen LogP contribution is 2.33. The molecular formula is C35H35ClF3N3O4S. The van der Waals surface area contributed by atoms with E-state index in [9.17, 15) is 31.2 Å². The molecule has 0 bridgehead atoms. The van der Waals surface area contributed by atoms with Crippen molar-refractivity contribution in [2.45, 2.75) is 49.8 Å². The molecule has 0 saturated heterocycles. The number of unbranched alkanes of at least 4 members (excludes halogenated alkanes) is 1. The number of amides is 2. The van der Waals surface area contributed by atoms with E-state index in [0.29, 0.717) is 33.9 Å². The second-order valence-corrected chi connectivity index (χ2v) is 13.1. The SMILES string of the molecule is CCCCNC(=O)[C@H](Cc1ccccc1)N(Cc1ccccc1Cl)C(=O)CN(c1cccc(C(F)(F)F)c1)S(=O)(=O)c1ccccc1. The topological polar surface area (TPSA) is 86.8 Å². The van der Waals surface area contributed by atoms with Gasteiger partial charge in [-0.3, -0.25) is 13.9 Å². The van der Waals surface area contributed by atoms with Crippen molar-refractivity contribution in [1.82, 2.24) is 10.2 Å². The molecule has 0 fully saturated rings. The van der Waals surface area contributed by atoms with Gasteiger partial charge in [0.2, 0.25) is 11.8 Å². The lowest BCUT2D eigenvalue weighted by Crippen LogP contribution is -2.53.